The number of benzene rings is 2. The van der Waals surface area contributed by atoms with Gasteiger partial charge in [0, 0.05) is 17.6 Å². The molecule has 0 unspecified atom stereocenters. The van der Waals surface area contributed by atoms with Gasteiger partial charge in [-0.05, 0) is 59.1 Å². The van der Waals surface area contributed by atoms with Crippen molar-refractivity contribution in [2.75, 3.05) is 17.8 Å². The third-order valence-electron chi connectivity index (χ3n) is 3.99. The zero-order chi connectivity index (χ0) is 18.9. The van der Waals surface area contributed by atoms with Gasteiger partial charge in [0.1, 0.15) is 9.79 Å². The number of hydrogen-bond acceptors (Lipinski definition) is 4. The highest BCUT2D eigenvalue weighted by Gasteiger charge is 2.29. The molecule has 6 nitrogen and oxygen atoms in total. The van der Waals surface area contributed by atoms with E-state index in [1.807, 2.05) is 0 Å². The summed E-state index contributed by atoms with van der Waals surface area (Å²) in [6, 6.07) is 10.4. The molecule has 0 aliphatic carbocycles. The SMILES string of the molecule is O=S(=O)(Nc1ccc(Cl)c(S(=O)(=O)N2CCCC2)c1)c1ccccc1Br. The van der Waals surface area contributed by atoms with Crippen LogP contribution in [0.25, 0.3) is 0 Å². The number of sulfonamides is 2. The largest absolute Gasteiger partial charge is 0.280 e. The molecule has 1 N–H and O–H groups in total. The molecule has 10 heteroatoms. The van der Waals surface area contributed by atoms with Crippen LogP contribution in [0, 0.1) is 0 Å². The van der Waals surface area contributed by atoms with Gasteiger partial charge in [0.15, 0.2) is 0 Å². The van der Waals surface area contributed by atoms with E-state index in [4.69, 9.17) is 11.6 Å². The Morgan fingerprint density at radius 2 is 1.62 bits per heavy atom. The molecule has 26 heavy (non-hydrogen) atoms. The number of nitrogens with one attached hydrogen (secondary N) is 1. The van der Waals surface area contributed by atoms with Crippen molar-refractivity contribution in [3.8, 4) is 0 Å². The predicted molar refractivity (Wildman–Crippen MR) is 104 cm³/mol. The van der Waals surface area contributed by atoms with E-state index in [2.05, 4.69) is 20.7 Å². The number of hydrogen-bond donors (Lipinski definition) is 1. The molecule has 0 aromatic heterocycles. The van der Waals surface area contributed by atoms with Crippen molar-refractivity contribution in [3.05, 3.63) is 52.0 Å². The molecule has 1 heterocycles. The van der Waals surface area contributed by atoms with E-state index in [0.29, 0.717) is 17.6 Å². The molecular formula is C16H16BrClN2O4S2. The van der Waals surface area contributed by atoms with E-state index in [1.54, 1.807) is 18.2 Å². The van der Waals surface area contributed by atoms with Crippen LogP contribution in [0.2, 0.25) is 5.02 Å². The molecule has 2 aromatic rings. The lowest BCUT2D eigenvalue weighted by Crippen LogP contribution is -2.28. The lowest BCUT2D eigenvalue weighted by atomic mass is 10.3. The zero-order valence-corrected chi connectivity index (χ0v) is 17.5. The van der Waals surface area contributed by atoms with Gasteiger partial charge in [0.05, 0.1) is 10.7 Å². The predicted octanol–water partition coefficient (Wildman–Crippen LogP) is 3.69. The highest BCUT2D eigenvalue weighted by Crippen LogP contribution is 2.31. The summed E-state index contributed by atoms with van der Waals surface area (Å²) in [6.07, 6.45) is 1.59. The Balaban J connectivity index is 1.97. The molecule has 140 valence electrons. The smallest absolute Gasteiger partial charge is 0.263 e. The number of anilines is 1. The quantitative estimate of drug-likeness (QED) is 0.709. The van der Waals surface area contributed by atoms with E-state index in [9.17, 15) is 16.8 Å². The lowest BCUT2D eigenvalue weighted by molar-refractivity contribution is 0.477. The molecule has 1 fully saturated rings. The van der Waals surface area contributed by atoms with Crippen molar-refractivity contribution in [1.29, 1.82) is 0 Å². The first-order valence-corrected chi connectivity index (χ1v) is 11.9. The molecule has 0 spiro atoms. The Morgan fingerprint density at radius 3 is 2.27 bits per heavy atom. The van der Waals surface area contributed by atoms with E-state index >= 15 is 0 Å². The first-order chi connectivity index (χ1) is 12.2. The van der Waals surface area contributed by atoms with Crippen molar-refractivity contribution in [3.63, 3.8) is 0 Å². The molecule has 0 saturated carbocycles. The second-order valence-electron chi connectivity index (χ2n) is 5.79. The summed E-state index contributed by atoms with van der Waals surface area (Å²) in [5.41, 5.74) is 0.128. The maximum Gasteiger partial charge on any atom is 0.263 e. The van der Waals surface area contributed by atoms with Crippen LogP contribution in [0.15, 0.2) is 56.7 Å². The van der Waals surface area contributed by atoms with Gasteiger partial charge in [0.25, 0.3) is 10.0 Å². The highest BCUT2D eigenvalue weighted by molar-refractivity contribution is 9.10. The molecule has 1 aliphatic heterocycles. The van der Waals surface area contributed by atoms with Crippen LogP contribution in [0.5, 0.6) is 0 Å². The van der Waals surface area contributed by atoms with E-state index in [1.165, 1.54) is 28.6 Å². The van der Waals surface area contributed by atoms with Gasteiger partial charge in [-0.1, -0.05) is 23.7 Å². The molecule has 2 aromatic carbocycles. The Kier molecular flexibility index (Phi) is 5.64. The van der Waals surface area contributed by atoms with Crippen LogP contribution in [0.1, 0.15) is 12.8 Å². The van der Waals surface area contributed by atoms with Crippen LogP contribution in [0.4, 0.5) is 5.69 Å². The molecular weight excluding hydrogens is 464 g/mol. The van der Waals surface area contributed by atoms with Gasteiger partial charge in [-0.15, -0.1) is 0 Å². The molecule has 3 rings (SSSR count). The fourth-order valence-corrected chi connectivity index (χ4v) is 6.78. The second-order valence-corrected chi connectivity index (χ2v) is 10.6. The first-order valence-electron chi connectivity index (χ1n) is 7.79. The Morgan fingerprint density at radius 1 is 0.962 bits per heavy atom. The van der Waals surface area contributed by atoms with Crippen molar-refractivity contribution >= 4 is 53.3 Å². The van der Waals surface area contributed by atoms with Crippen LogP contribution >= 0.6 is 27.5 Å². The van der Waals surface area contributed by atoms with Gasteiger partial charge in [-0.2, -0.15) is 4.31 Å². The Bertz CT molecular complexity index is 1040. The fourth-order valence-electron chi connectivity index (χ4n) is 2.70. The summed E-state index contributed by atoms with van der Waals surface area (Å²) in [7, 11) is -7.65. The second kappa shape index (κ2) is 7.47. The summed E-state index contributed by atoms with van der Waals surface area (Å²) < 4.78 is 54.9. The van der Waals surface area contributed by atoms with Gasteiger partial charge < -0.3 is 0 Å². The summed E-state index contributed by atoms with van der Waals surface area (Å²) in [5.74, 6) is 0. The number of rotatable bonds is 5. The van der Waals surface area contributed by atoms with Gasteiger partial charge in [0.2, 0.25) is 10.0 Å². The maximum atomic E-state index is 12.8. The maximum absolute atomic E-state index is 12.8. The topological polar surface area (TPSA) is 83.5 Å². The minimum atomic E-state index is -3.89. The molecule has 0 amide bonds. The van der Waals surface area contributed by atoms with Crippen molar-refractivity contribution in [2.24, 2.45) is 0 Å². The van der Waals surface area contributed by atoms with Crippen LogP contribution in [-0.4, -0.2) is 34.2 Å². The average Bonchev–Trinajstić information content (AvgIpc) is 3.12. The number of halogens is 2. The standard InChI is InChI=1S/C16H16BrClN2O4S2/c17-13-5-1-2-6-15(13)25(21,22)19-12-7-8-14(18)16(11-12)26(23,24)20-9-3-4-10-20/h1-2,5-8,11,19H,3-4,9-10H2. The van der Waals surface area contributed by atoms with Gasteiger partial charge in [-0.3, -0.25) is 4.72 Å². The fraction of sp³-hybridized carbons (Fsp3) is 0.250. The minimum Gasteiger partial charge on any atom is -0.280 e. The summed E-state index contributed by atoms with van der Waals surface area (Å²) in [5, 5.41) is 0.0562. The highest BCUT2D eigenvalue weighted by atomic mass is 79.9. The molecule has 0 radical (unpaired) electrons. The normalized spacial score (nSPS) is 15.9. The van der Waals surface area contributed by atoms with Crippen LogP contribution < -0.4 is 4.72 Å². The van der Waals surface area contributed by atoms with E-state index in [0.717, 1.165) is 12.8 Å². The van der Waals surface area contributed by atoms with Crippen LogP contribution in [-0.2, 0) is 20.0 Å². The third-order valence-corrected chi connectivity index (χ3v) is 8.77. The van der Waals surface area contributed by atoms with Gasteiger partial charge >= 0.3 is 0 Å². The molecule has 1 saturated heterocycles. The minimum absolute atomic E-state index is 0.0545. The van der Waals surface area contributed by atoms with E-state index in [-0.39, 0.29) is 20.5 Å². The molecule has 1 aliphatic rings. The summed E-state index contributed by atoms with van der Waals surface area (Å²) in [4.78, 5) is -0.0488. The molecule has 0 atom stereocenters. The lowest BCUT2D eigenvalue weighted by Gasteiger charge is -2.17. The Hall–Kier alpha value is -1.13. The van der Waals surface area contributed by atoms with E-state index < -0.39 is 20.0 Å². The Labute approximate surface area is 166 Å². The number of nitrogens with zero attached hydrogens (tertiary/aromatic N) is 1. The zero-order valence-electron chi connectivity index (χ0n) is 13.5. The van der Waals surface area contributed by atoms with Crippen LogP contribution in [0.3, 0.4) is 0 Å². The van der Waals surface area contributed by atoms with Crippen molar-refractivity contribution in [1.82, 2.24) is 4.31 Å². The van der Waals surface area contributed by atoms with Crippen molar-refractivity contribution < 1.29 is 16.8 Å². The average molecular weight is 480 g/mol. The summed E-state index contributed by atoms with van der Waals surface area (Å²) >= 11 is 9.29. The third kappa shape index (κ3) is 3.91. The first kappa shape index (κ1) is 19.6. The van der Waals surface area contributed by atoms with Gasteiger partial charge in [-0.25, -0.2) is 16.8 Å². The summed E-state index contributed by atoms with van der Waals surface area (Å²) in [6.45, 7) is 0.872. The monoisotopic (exact) mass is 478 g/mol. The van der Waals surface area contributed by atoms with Crippen molar-refractivity contribution in [2.45, 2.75) is 22.6 Å². The molecule has 0 bridgehead atoms.